The zero-order valence-electron chi connectivity index (χ0n) is 10.4. The fraction of sp³-hybridized carbons (Fsp3) is 0.0769. The molecule has 1 unspecified atom stereocenters. The first-order valence-corrected chi connectivity index (χ1v) is 7.65. The Labute approximate surface area is 134 Å². The van der Waals surface area contributed by atoms with Crippen LogP contribution < -0.4 is 0 Å². The van der Waals surface area contributed by atoms with Crippen molar-refractivity contribution in [3.63, 3.8) is 0 Å². The summed E-state index contributed by atoms with van der Waals surface area (Å²) < 4.78 is 78.2. The van der Waals surface area contributed by atoms with Gasteiger partial charge in [0.05, 0.1) is 16.6 Å². The minimum absolute atomic E-state index is 0.0599. The molecule has 0 N–H and O–H groups in total. The van der Waals surface area contributed by atoms with Crippen molar-refractivity contribution in [1.29, 1.82) is 0 Å². The second-order valence-corrected chi connectivity index (χ2v) is 6.36. The van der Waals surface area contributed by atoms with Gasteiger partial charge in [-0.15, -0.1) is 0 Å². The first kappa shape index (κ1) is 17.2. The van der Waals surface area contributed by atoms with Crippen molar-refractivity contribution >= 4 is 34.0 Å². The first-order valence-electron chi connectivity index (χ1n) is 5.57. The van der Waals surface area contributed by atoms with Gasteiger partial charge in [-0.25, -0.2) is 22.0 Å². The number of halogens is 7. The predicted molar refractivity (Wildman–Crippen MR) is 72.8 cm³/mol. The van der Waals surface area contributed by atoms with Gasteiger partial charge in [0.1, 0.15) is 4.90 Å². The zero-order valence-corrected chi connectivity index (χ0v) is 12.7. The molecule has 2 aromatic carbocycles. The van der Waals surface area contributed by atoms with Gasteiger partial charge in [-0.2, -0.15) is 0 Å². The van der Waals surface area contributed by atoms with Gasteiger partial charge in [0.2, 0.25) is 5.82 Å². The molecular formula is C13H5Cl2F5OS. The van der Waals surface area contributed by atoms with Crippen molar-refractivity contribution in [1.82, 2.24) is 0 Å². The molecule has 0 fully saturated rings. The van der Waals surface area contributed by atoms with Crippen molar-refractivity contribution in [2.45, 2.75) is 10.6 Å². The summed E-state index contributed by atoms with van der Waals surface area (Å²) in [6, 6.07) is 4.03. The summed E-state index contributed by atoms with van der Waals surface area (Å²) in [7, 11) is -2.53. The summed E-state index contributed by atoms with van der Waals surface area (Å²) >= 11 is 11.5. The van der Waals surface area contributed by atoms with Crippen molar-refractivity contribution in [2.75, 3.05) is 0 Å². The third-order valence-corrected chi connectivity index (χ3v) is 4.67. The summed E-state index contributed by atoms with van der Waals surface area (Å²) in [5.74, 6) is -11.4. The molecule has 2 aromatic rings. The smallest absolute Gasteiger partial charge is 0.200 e. The summed E-state index contributed by atoms with van der Waals surface area (Å²) in [6.07, 6.45) is 0. The van der Waals surface area contributed by atoms with Crippen LogP contribution in [0.2, 0.25) is 10.0 Å². The monoisotopic (exact) mass is 374 g/mol. The fourth-order valence-electron chi connectivity index (χ4n) is 1.64. The van der Waals surface area contributed by atoms with E-state index < -0.39 is 50.5 Å². The molecule has 1 atom stereocenters. The van der Waals surface area contributed by atoms with Crippen LogP contribution in [0.15, 0.2) is 23.1 Å². The Morgan fingerprint density at radius 1 is 0.864 bits per heavy atom. The highest BCUT2D eigenvalue weighted by Gasteiger charge is 2.29. The van der Waals surface area contributed by atoms with Gasteiger partial charge in [-0.05, 0) is 17.7 Å². The zero-order chi connectivity index (χ0) is 16.6. The van der Waals surface area contributed by atoms with Gasteiger partial charge in [0.15, 0.2) is 23.3 Å². The normalized spacial score (nSPS) is 12.5. The van der Waals surface area contributed by atoms with Crippen LogP contribution in [0, 0.1) is 29.1 Å². The van der Waals surface area contributed by atoms with E-state index in [2.05, 4.69) is 0 Å². The van der Waals surface area contributed by atoms with E-state index in [1.54, 1.807) is 0 Å². The molecule has 2 rings (SSSR count). The van der Waals surface area contributed by atoms with Crippen LogP contribution in [0.3, 0.4) is 0 Å². The van der Waals surface area contributed by atoms with Gasteiger partial charge in [0.25, 0.3) is 0 Å². The largest absolute Gasteiger partial charge is 0.254 e. The number of hydrogen-bond acceptors (Lipinski definition) is 1. The minimum atomic E-state index is -2.53. The van der Waals surface area contributed by atoms with Gasteiger partial charge >= 0.3 is 0 Å². The van der Waals surface area contributed by atoms with Crippen LogP contribution in [0.4, 0.5) is 22.0 Å². The average Bonchev–Trinajstić information content (AvgIpc) is 2.46. The van der Waals surface area contributed by atoms with Crippen LogP contribution in [0.1, 0.15) is 5.56 Å². The Kier molecular flexibility index (Phi) is 5.09. The highest BCUT2D eigenvalue weighted by Crippen LogP contribution is 2.29. The lowest BCUT2D eigenvalue weighted by molar-refractivity contribution is 0.359. The molecule has 0 spiro atoms. The molecule has 0 aromatic heterocycles. The first-order chi connectivity index (χ1) is 10.2. The molecule has 9 heteroatoms. The Morgan fingerprint density at radius 3 is 1.86 bits per heavy atom. The predicted octanol–water partition coefficient (Wildman–Crippen LogP) is 5.00. The van der Waals surface area contributed by atoms with E-state index in [9.17, 15) is 26.2 Å². The molecule has 1 nitrogen and oxygen atoms in total. The van der Waals surface area contributed by atoms with Crippen LogP contribution in [-0.4, -0.2) is 4.21 Å². The molecule has 0 bridgehead atoms. The highest BCUT2D eigenvalue weighted by atomic mass is 35.5. The standard InChI is InChI=1S/C13H5Cl2F5OS/c14-6-2-1-5(7(15)3-6)4-22(21)13-11(19)9(17)8(16)10(18)12(13)20/h1-3H,4H2. The Bertz CT molecular complexity index is 753. The molecule has 0 saturated heterocycles. The van der Waals surface area contributed by atoms with Gasteiger partial charge in [0, 0.05) is 10.0 Å². The van der Waals surface area contributed by atoms with Crippen molar-refractivity contribution < 1.29 is 26.2 Å². The summed E-state index contributed by atoms with van der Waals surface area (Å²) in [6.45, 7) is 0. The van der Waals surface area contributed by atoms with E-state index in [4.69, 9.17) is 23.2 Å². The minimum Gasteiger partial charge on any atom is -0.254 e. The fourth-order valence-corrected chi connectivity index (χ4v) is 3.45. The van der Waals surface area contributed by atoms with Gasteiger partial charge < -0.3 is 0 Å². The maximum Gasteiger partial charge on any atom is 0.200 e. The van der Waals surface area contributed by atoms with Crippen molar-refractivity contribution in [2.24, 2.45) is 0 Å². The quantitative estimate of drug-likeness (QED) is 0.419. The van der Waals surface area contributed by atoms with E-state index in [0.29, 0.717) is 0 Å². The summed E-state index contributed by atoms with van der Waals surface area (Å²) in [4.78, 5) is -1.39. The molecule has 0 aliphatic rings. The number of rotatable bonds is 3. The molecule has 22 heavy (non-hydrogen) atoms. The Morgan fingerprint density at radius 2 is 1.36 bits per heavy atom. The Hall–Kier alpha value is -1.18. The third-order valence-electron chi connectivity index (χ3n) is 2.70. The summed E-state index contributed by atoms with van der Waals surface area (Å²) in [5, 5.41) is 0.334. The molecule has 0 heterocycles. The van der Waals surface area contributed by atoms with Crippen LogP contribution in [-0.2, 0) is 16.6 Å². The van der Waals surface area contributed by atoms with Gasteiger partial charge in [-0.3, -0.25) is 4.21 Å². The topological polar surface area (TPSA) is 17.1 Å². The second kappa shape index (κ2) is 6.52. The molecule has 0 aliphatic heterocycles. The summed E-state index contributed by atoms with van der Waals surface area (Å²) in [5.41, 5.74) is 0.188. The lowest BCUT2D eigenvalue weighted by Crippen LogP contribution is -2.10. The second-order valence-electron chi connectivity index (χ2n) is 4.12. The number of benzene rings is 2. The van der Waals surface area contributed by atoms with E-state index in [1.807, 2.05) is 0 Å². The maximum absolute atomic E-state index is 13.6. The molecule has 0 radical (unpaired) electrons. The molecule has 118 valence electrons. The van der Waals surface area contributed by atoms with Crippen molar-refractivity contribution in [3.8, 4) is 0 Å². The van der Waals surface area contributed by atoms with Crippen LogP contribution >= 0.6 is 23.2 Å². The third kappa shape index (κ3) is 3.11. The molecular weight excluding hydrogens is 370 g/mol. The molecule has 0 amide bonds. The SMILES string of the molecule is O=S(Cc1ccc(Cl)cc1Cl)c1c(F)c(F)c(F)c(F)c1F. The van der Waals surface area contributed by atoms with E-state index in [-0.39, 0.29) is 15.6 Å². The Balaban J connectivity index is 2.46. The molecule has 0 saturated carbocycles. The van der Waals surface area contributed by atoms with E-state index in [1.165, 1.54) is 18.2 Å². The van der Waals surface area contributed by atoms with E-state index in [0.717, 1.165) is 0 Å². The van der Waals surface area contributed by atoms with Gasteiger partial charge in [-0.1, -0.05) is 29.3 Å². The van der Waals surface area contributed by atoms with Crippen molar-refractivity contribution in [3.05, 3.63) is 62.9 Å². The van der Waals surface area contributed by atoms with E-state index >= 15 is 0 Å². The molecule has 0 aliphatic carbocycles. The highest BCUT2D eigenvalue weighted by molar-refractivity contribution is 7.84. The maximum atomic E-state index is 13.6. The van der Waals surface area contributed by atoms with Crippen LogP contribution in [0.5, 0.6) is 0 Å². The average molecular weight is 375 g/mol. The number of hydrogen-bond donors (Lipinski definition) is 0. The lowest BCUT2D eigenvalue weighted by atomic mass is 10.2. The lowest BCUT2D eigenvalue weighted by Gasteiger charge is -2.09. The van der Waals surface area contributed by atoms with Crippen LogP contribution in [0.25, 0.3) is 0 Å².